The van der Waals surface area contributed by atoms with Crippen molar-refractivity contribution in [2.75, 3.05) is 4.90 Å². The van der Waals surface area contributed by atoms with E-state index >= 15 is 0 Å². The van der Waals surface area contributed by atoms with Crippen molar-refractivity contribution in [3.8, 4) is 0 Å². The Morgan fingerprint density at radius 2 is 1.39 bits per heavy atom. The fraction of sp³-hybridized carbons (Fsp3) is 0.167. The van der Waals surface area contributed by atoms with Gasteiger partial charge in [-0.05, 0) is 45.9 Å². The van der Waals surface area contributed by atoms with Crippen molar-refractivity contribution in [2.45, 2.75) is 11.5 Å². The molecule has 152 valence electrons. The number of nitrogens with zero attached hydrogens (tertiary/aromatic N) is 2. The number of carbonyl (C=O) groups excluding carboxylic acids is 2. The molecule has 6 nitrogen and oxygen atoms in total. The van der Waals surface area contributed by atoms with Gasteiger partial charge in [-0.25, -0.2) is 4.90 Å². The minimum atomic E-state index is -1.78. The van der Waals surface area contributed by atoms with Crippen molar-refractivity contribution in [1.82, 2.24) is 0 Å². The predicted octanol–water partition coefficient (Wildman–Crippen LogP) is 4.08. The number of hydrogen-bond acceptors (Lipinski definition) is 4. The van der Waals surface area contributed by atoms with Crippen LogP contribution in [0, 0.1) is 25.5 Å². The molecular weight excluding hydrogens is 507 g/mol. The fourth-order valence-electron chi connectivity index (χ4n) is 5.91. The average Bonchev–Trinajstić information content (AvgIpc) is 3.05. The Balaban J connectivity index is 1.69. The molecule has 0 radical (unpaired) electrons. The highest BCUT2D eigenvalue weighted by Crippen LogP contribution is 2.64. The van der Waals surface area contributed by atoms with Crippen LogP contribution in [0.5, 0.6) is 0 Å². The maximum atomic E-state index is 13.8. The third-order valence-corrected chi connectivity index (χ3v) is 7.87. The first kappa shape index (κ1) is 18.7. The van der Waals surface area contributed by atoms with E-state index in [1.807, 2.05) is 36.4 Å². The van der Waals surface area contributed by atoms with E-state index in [2.05, 4.69) is 22.6 Å². The summed E-state index contributed by atoms with van der Waals surface area (Å²) in [4.78, 5) is 41.3. The number of imide groups is 1. The minimum absolute atomic E-state index is 0.345. The Bertz CT molecular complexity index is 1270. The van der Waals surface area contributed by atoms with Crippen LogP contribution in [-0.2, 0) is 15.1 Å². The molecular formula is C24H15IN2O4. The molecule has 7 heteroatoms. The van der Waals surface area contributed by atoms with Gasteiger partial charge < -0.3 is 0 Å². The topological polar surface area (TPSA) is 80.5 Å². The summed E-state index contributed by atoms with van der Waals surface area (Å²) < 4.78 is 0.748. The van der Waals surface area contributed by atoms with Gasteiger partial charge in [0.05, 0.1) is 11.6 Å². The van der Waals surface area contributed by atoms with Gasteiger partial charge in [-0.2, -0.15) is 0 Å². The number of amides is 2. The molecule has 2 bridgehead atoms. The second-order valence-electron chi connectivity index (χ2n) is 8.14. The van der Waals surface area contributed by atoms with E-state index in [1.54, 1.807) is 36.4 Å². The van der Waals surface area contributed by atoms with E-state index in [9.17, 15) is 19.7 Å². The lowest BCUT2D eigenvalue weighted by Crippen LogP contribution is -2.57. The summed E-state index contributed by atoms with van der Waals surface area (Å²) in [7, 11) is 0. The molecule has 1 saturated heterocycles. The molecule has 0 unspecified atom stereocenters. The van der Waals surface area contributed by atoms with Crippen LogP contribution in [-0.4, -0.2) is 16.7 Å². The van der Waals surface area contributed by atoms with Gasteiger partial charge in [0.1, 0.15) is 5.92 Å². The molecule has 4 aliphatic rings. The molecule has 0 spiro atoms. The molecule has 3 aromatic rings. The molecule has 1 heterocycles. The number of halogens is 1. The van der Waals surface area contributed by atoms with E-state index in [0.29, 0.717) is 16.8 Å². The number of carbonyl (C=O) groups is 2. The molecule has 3 aliphatic carbocycles. The highest BCUT2D eigenvalue weighted by Gasteiger charge is 2.74. The van der Waals surface area contributed by atoms with Crippen LogP contribution in [0.2, 0.25) is 0 Å². The molecule has 0 aromatic heterocycles. The zero-order valence-corrected chi connectivity index (χ0v) is 18.2. The lowest BCUT2D eigenvalue weighted by molar-refractivity contribution is -0.578. The molecule has 1 aliphatic heterocycles. The van der Waals surface area contributed by atoms with Crippen molar-refractivity contribution in [1.29, 1.82) is 0 Å². The van der Waals surface area contributed by atoms with Crippen LogP contribution in [0.15, 0.2) is 72.8 Å². The van der Waals surface area contributed by atoms with Gasteiger partial charge in [0.2, 0.25) is 11.8 Å². The van der Waals surface area contributed by atoms with Gasteiger partial charge in [-0.1, -0.05) is 60.7 Å². The van der Waals surface area contributed by atoms with Crippen molar-refractivity contribution in [3.05, 3.63) is 109 Å². The van der Waals surface area contributed by atoms with Crippen LogP contribution >= 0.6 is 22.6 Å². The molecule has 7 rings (SSSR count). The predicted molar refractivity (Wildman–Crippen MR) is 121 cm³/mol. The van der Waals surface area contributed by atoms with E-state index in [0.717, 1.165) is 14.7 Å². The summed E-state index contributed by atoms with van der Waals surface area (Å²) in [6, 6.07) is 21.5. The van der Waals surface area contributed by atoms with Gasteiger partial charge in [0.15, 0.2) is 0 Å². The Morgan fingerprint density at radius 1 is 0.839 bits per heavy atom. The summed E-state index contributed by atoms with van der Waals surface area (Å²) in [5.41, 5.74) is 1.29. The average molecular weight is 522 g/mol. The lowest BCUT2D eigenvalue weighted by atomic mass is 9.51. The van der Waals surface area contributed by atoms with Crippen LogP contribution in [0.3, 0.4) is 0 Å². The van der Waals surface area contributed by atoms with E-state index in [-0.39, 0.29) is 16.7 Å². The third kappa shape index (κ3) is 2.07. The third-order valence-electron chi connectivity index (χ3n) is 6.95. The standard InChI is InChI=1S/C24H15IN2O4/c25-17-11-5-6-12-18(17)26-22(28)20-19-13-7-1-3-9-15(13)24(27(30)31,21(20)23(26)29)16-10-4-2-8-14(16)19/h1-12,19-21H/t19?,20-,21+,24?/m1/s1. The normalized spacial score (nSPS) is 27.6. The number of benzene rings is 3. The van der Waals surface area contributed by atoms with Gasteiger partial charge in [0, 0.05) is 25.5 Å². The molecule has 0 N–H and O–H groups in total. The molecule has 2 atom stereocenters. The van der Waals surface area contributed by atoms with Gasteiger partial charge >= 0.3 is 0 Å². The first-order chi connectivity index (χ1) is 15.0. The van der Waals surface area contributed by atoms with Crippen LogP contribution in [0.1, 0.15) is 28.2 Å². The highest BCUT2D eigenvalue weighted by atomic mass is 127. The van der Waals surface area contributed by atoms with Crippen molar-refractivity contribution < 1.29 is 14.5 Å². The Labute approximate surface area is 191 Å². The first-order valence-corrected chi connectivity index (χ1v) is 11.0. The van der Waals surface area contributed by atoms with E-state index < -0.39 is 23.3 Å². The summed E-state index contributed by atoms with van der Waals surface area (Å²) in [6.45, 7) is 0. The maximum Gasteiger partial charge on any atom is 0.285 e. The van der Waals surface area contributed by atoms with Crippen molar-refractivity contribution in [2.24, 2.45) is 11.8 Å². The van der Waals surface area contributed by atoms with Crippen LogP contribution in [0.4, 0.5) is 5.69 Å². The van der Waals surface area contributed by atoms with Gasteiger partial charge in [0.25, 0.3) is 5.54 Å². The quantitative estimate of drug-likeness (QED) is 0.220. The Hall–Kier alpha value is -3.07. The second-order valence-corrected chi connectivity index (χ2v) is 9.30. The Kier molecular flexibility index (Phi) is 3.75. The van der Waals surface area contributed by atoms with E-state index in [4.69, 9.17) is 0 Å². The van der Waals surface area contributed by atoms with Crippen LogP contribution in [0.25, 0.3) is 0 Å². The molecule has 0 saturated carbocycles. The van der Waals surface area contributed by atoms with Crippen molar-refractivity contribution >= 4 is 40.1 Å². The lowest BCUT2D eigenvalue weighted by Gasteiger charge is -2.48. The number of rotatable bonds is 2. The fourth-order valence-corrected chi connectivity index (χ4v) is 6.54. The highest BCUT2D eigenvalue weighted by molar-refractivity contribution is 14.1. The smallest absolute Gasteiger partial charge is 0.274 e. The number of nitro groups is 1. The number of hydrogen-bond donors (Lipinski definition) is 0. The zero-order chi connectivity index (χ0) is 21.5. The van der Waals surface area contributed by atoms with Gasteiger partial charge in [-0.3, -0.25) is 19.7 Å². The Morgan fingerprint density at radius 3 is 1.97 bits per heavy atom. The van der Waals surface area contributed by atoms with Crippen molar-refractivity contribution in [3.63, 3.8) is 0 Å². The zero-order valence-electron chi connectivity index (χ0n) is 16.1. The van der Waals surface area contributed by atoms with E-state index in [1.165, 1.54) is 4.90 Å². The molecule has 31 heavy (non-hydrogen) atoms. The second kappa shape index (κ2) is 6.23. The monoisotopic (exact) mass is 522 g/mol. The first-order valence-electron chi connectivity index (χ1n) is 9.95. The molecule has 1 fully saturated rings. The number of para-hydroxylation sites is 1. The summed E-state index contributed by atoms with van der Waals surface area (Å²) >= 11 is 2.09. The summed E-state index contributed by atoms with van der Waals surface area (Å²) in [6.07, 6.45) is 0. The number of anilines is 1. The molecule has 3 aromatic carbocycles. The minimum Gasteiger partial charge on any atom is -0.274 e. The van der Waals surface area contributed by atoms with Crippen LogP contribution < -0.4 is 4.90 Å². The largest absolute Gasteiger partial charge is 0.285 e. The summed E-state index contributed by atoms with van der Waals surface area (Å²) in [5.74, 6) is -3.13. The maximum absolute atomic E-state index is 13.8. The SMILES string of the molecule is O=C1[C@@H]2C3c4ccccc4C([N+](=O)[O-])(c4ccccc43)[C@@H]2C(=O)N1c1ccccc1I. The summed E-state index contributed by atoms with van der Waals surface area (Å²) in [5, 5.41) is 12.9. The molecule has 2 amide bonds. The van der Waals surface area contributed by atoms with Gasteiger partial charge in [-0.15, -0.1) is 0 Å².